The summed E-state index contributed by atoms with van der Waals surface area (Å²) in [6.07, 6.45) is 1.92. The smallest absolute Gasteiger partial charge is 0.248 e. The molecule has 0 aliphatic rings. The topological polar surface area (TPSA) is 85.3 Å². The molecule has 1 atom stereocenters. The molecule has 5 nitrogen and oxygen atoms in total. The van der Waals surface area contributed by atoms with Crippen molar-refractivity contribution in [2.24, 2.45) is 0 Å². The first-order valence-corrected chi connectivity index (χ1v) is 8.42. The number of aromatic hydroxyl groups is 1. The number of aromatic amines is 1. The summed E-state index contributed by atoms with van der Waals surface area (Å²) >= 11 is 0. The van der Waals surface area contributed by atoms with Crippen LogP contribution < -0.4 is 10.9 Å². The fourth-order valence-electron chi connectivity index (χ4n) is 3.05. The van der Waals surface area contributed by atoms with Gasteiger partial charge in [0.15, 0.2) is 0 Å². The van der Waals surface area contributed by atoms with Crippen LogP contribution in [-0.2, 0) is 6.42 Å². The van der Waals surface area contributed by atoms with Crippen LogP contribution in [0, 0.1) is 0 Å². The quantitative estimate of drug-likeness (QED) is 0.499. The van der Waals surface area contributed by atoms with Crippen LogP contribution in [0.4, 0.5) is 0 Å². The van der Waals surface area contributed by atoms with Crippen LogP contribution in [-0.4, -0.2) is 28.3 Å². The summed E-state index contributed by atoms with van der Waals surface area (Å²) in [5.74, 6) is 0.0252. The minimum Gasteiger partial charge on any atom is -0.506 e. The summed E-state index contributed by atoms with van der Waals surface area (Å²) in [7, 11) is 0. The van der Waals surface area contributed by atoms with Gasteiger partial charge >= 0.3 is 0 Å². The average molecular weight is 338 g/mol. The van der Waals surface area contributed by atoms with Gasteiger partial charge in [-0.2, -0.15) is 0 Å². The number of fused-ring (bicyclic) bond motifs is 1. The summed E-state index contributed by atoms with van der Waals surface area (Å²) < 4.78 is 0. The van der Waals surface area contributed by atoms with E-state index in [0.29, 0.717) is 5.52 Å². The summed E-state index contributed by atoms with van der Waals surface area (Å²) in [5, 5.41) is 23.8. The molecule has 1 unspecified atom stereocenters. The maximum Gasteiger partial charge on any atom is 0.248 e. The number of hydrogen-bond donors (Lipinski definition) is 4. The van der Waals surface area contributed by atoms with Gasteiger partial charge in [-0.15, -0.1) is 0 Å². The van der Waals surface area contributed by atoms with E-state index >= 15 is 0 Å². The van der Waals surface area contributed by atoms with Crippen LogP contribution in [0.25, 0.3) is 10.9 Å². The van der Waals surface area contributed by atoms with Crippen molar-refractivity contribution < 1.29 is 10.2 Å². The van der Waals surface area contributed by atoms with Gasteiger partial charge < -0.3 is 20.5 Å². The summed E-state index contributed by atoms with van der Waals surface area (Å²) in [6, 6.07) is 16.4. The summed E-state index contributed by atoms with van der Waals surface area (Å²) in [6.45, 7) is 0.691. The minimum absolute atomic E-state index is 0.0252. The Hall–Kier alpha value is -2.63. The van der Waals surface area contributed by atoms with E-state index in [1.54, 1.807) is 18.2 Å². The second kappa shape index (κ2) is 7.96. The fraction of sp³-hybridized carbons (Fsp3) is 0.250. The van der Waals surface area contributed by atoms with Crippen LogP contribution in [0.1, 0.15) is 23.6 Å². The molecule has 1 heterocycles. The fourth-order valence-corrected chi connectivity index (χ4v) is 3.05. The largest absolute Gasteiger partial charge is 0.506 e. The van der Waals surface area contributed by atoms with E-state index in [2.05, 4.69) is 22.4 Å². The molecule has 3 aromatic rings. The molecule has 2 aromatic carbocycles. The Kier molecular flexibility index (Phi) is 5.48. The van der Waals surface area contributed by atoms with Gasteiger partial charge in [-0.3, -0.25) is 4.79 Å². The van der Waals surface area contributed by atoms with Crippen LogP contribution in [0.15, 0.2) is 59.4 Å². The third-order valence-corrected chi connectivity index (χ3v) is 4.34. The van der Waals surface area contributed by atoms with Crippen molar-refractivity contribution in [3.63, 3.8) is 0 Å². The molecule has 5 heteroatoms. The Morgan fingerprint density at radius 3 is 2.60 bits per heavy atom. The van der Waals surface area contributed by atoms with Gasteiger partial charge in [0.25, 0.3) is 0 Å². The minimum atomic E-state index is -0.267. The van der Waals surface area contributed by atoms with Crippen molar-refractivity contribution in [1.29, 1.82) is 0 Å². The molecular weight excluding hydrogens is 316 g/mol. The molecule has 25 heavy (non-hydrogen) atoms. The van der Waals surface area contributed by atoms with Gasteiger partial charge in [0.05, 0.1) is 18.2 Å². The van der Waals surface area contributed by atoms with Gasteiger partial charge in [0, 0.05) is 11.5 Å². The Morgan fingerprint density at radius 2 is 1.84 bits per heavy atom. The lowest BCUT2D eigenvalue weighted by atomic mass is 10.0. The number of phenols is 1. The van der Waals surface area contributed by atoms with Crippen molar-refractivity contribution in [2.75, 3.05) is 13.2 Å². The molecule has 0 bridgehead atoms. The van der Waals surface area contributed by atoms with Crippen LogP contribution in [0.5, 0.6) is 5.75 Å². The average Bonchev–Trinajstić information content (AvgIpc) is 2.64. The number of aliphatic hydroxyl groups excluding tert-OH is 1. The van der Waals surface area contributed by atoms with Gasteiger partial charge in [0.1, 0.15) is 5.75 Å². The van der Waals surface area contributed by atoms with Crippen LogP contribution in [0.3, 0.4) is 0 Å². The van der Waals surface area contributed by atoms with Crippen LogP contribution >= 0.6 is 0 Å². The second-order valence-corrected chi connectivity index (χ2v) is 6.06. The number of H-pyrrole nitrogens is 1. The monoisotopic (exact) mass is 338 g/mol. The first-order chi connectivity index (χ1) is 12.2. The Balaban J connectivity index is 1.72. The lowest BCUT2D eigenvalue weighted by Gasteiger charge is -2.19. The maximum absolute atomic E-state index is 11.5. The molecule has 0 aliphatic heterocycles. The lowest BCUT2D eigenvalue weighted by Crippen LogP contribution is -2.26. The van der Waals surface area contributed by atoms with Crippen molar-refractivity contribution >= 4 is 10.9 Å². The SMILES string of the molecule is O=c1ccc2c(C(CO)NCCCc3ccccc3)ccc(O)c2[nH]1. The number of hydrogen-bond acceptors (Lipinski definition) is 4. The molecule has 0 radical (unpaired) electrons. The van der Waals surface area contributed by atoms with Crippen molar-refractivity contribution in [1.82, 2.24) is 10.3 Å². The molecule has 4 N–H and O–H groups in total. The van der Waals surface area contributed by atoms with E-state index in [1.165, 1.54) is 11.6 Å². The molecule has 130 valence electrons. The highest BCUT2D eigenvalue weighted by Crippen LogP contribution is 2.28. The molecule has 0 spiro atoms. The molecule has 0 fully saturated rings. The predicted molar refractivity (Wildman–Crippen MR) is 98.8 cm³/mol. The standard InChI is InChI=1S/C20H22N2O3/c23-13-17(21-12-4-7-14-5-2-1-3-6-14)15-8-10-18(24)20-16(15)9-11-19(25)22-20/h1-3,5-6,8-11,17,21,23-24H,4,7,12-13H2,(H,22,25). The van der Waals surface area contributed by atoms with E-state index in [0.717, 1.165) is 30.3 Å². The third kappa shape index (κ3) is 4.07. The van der Waals surface area contributed by atoms with Gasteiger partial charge in [0.2, 0.25) is 5.56 Å². The van der Waals surface area contributed by atoms with E-state index in [9.17, 15) is 15.0 Å². The number of aromatic nitrogens is 1. The van der Waals surface area contributed by atoms with Crippen molar-refractivity contribution in [2.45, 2.75) is 18.9 Å². The maximum atomic E-state index is 11.5. The molecule has 0 saturated carbocycles. The number of aryl methyl sites for hydroxylation is 1. The van der Waals surface area contributed by atoms with E-state index in [-0.39, 0.29) is 24.0 Å². The Morgan fingerprint density at radius 1 is 1.04 bits per heavy atom. The lowest BCUT2D eigenvalue weighted by molar-refractivity contribution is 0.245. The zero-order valence-electron chi connectivity index (χ0n) is 13.9. The van der Waals surface area contributed by atoms with Crippen molar-refractivity contribution in [3.8, 4) is 5.75 Å². The third-order valence-electron chi connectivity index (χ3n) is 4.34. The van der Waals surface area contributed by atoms with Gasteiger partial charge in [-0.05, 0) is 42.6 Å². The molecular formula is C20H22N2O3. The number of pyridine rings is 1. The predicted octanol–water partition coefficient (Wildman–Crippen LogP) is 2.49. The first kappa shape index (κ1) is 17.2. The Labute approximate surface area is 146 Å². The zero-order valence-corrected chi connectivity index (χ0v) is 13.9. The number of phenolic OH excluding ortho intramolecular Hbond substituents is 1. The summed E-state index contributed by atoms with van der Waals surface area (Å²) in [4.78, 5) is 14.2. The number of rotatable bonds is 7. The highest BCUT2D eigenvalue weighted by atomic mass is 16.3. The van der Waals surface area contributed by atoms with Crippen molar-refractivity contribution in [3.05, 3.63) is 76.1 Å². The van der Waals surface area contributed by atoms with E-state index < -0.39 is 0 Å². The number of nitrogens with one attached hydrogen (secondary N) is 2. The molecule has 0 amide bonds. The molecule has 3 rings (SSSR count). The normalized spacial score (nSPS) is 12.4. The van der Waals surface area contributed by atoms with Gasteiger partial charge in [-0.1, -0.05) is 36.4 Å². The van der Waals surface area contributed by atoms with E-state index in [1.807, 2.05) is 18.2 Å². The summed E-state index contributed by atoms with van der Waals surface area (Å²) in [5.41, 5.74) is 2.27. The number of aliphatic hydroxyl groups is 1. The van der Waals surface area contributed by atoms with Gasteiger partial charge in [-0.25, -0.2) is 0 Å². The highest BCUT2D eigenvalue weighted by molar-refractivity contribution is 5.87. The zero-order chi connectivity index (χ0) is 17.6. The first-order valence-electron chi connectivity index (χ1n) is 8.42. The van der Waals surface area contributed by atoms with Crippen LogP contribution in [0.2, 0.25) is 0 Å². The Bertz CT molecular complexity index is 890. The number of benzene rings is 2. The highest BCUT2D eigenvalue weighted by Gasteiger charge is 2.15. The molecule has 0 saturated heterocycles. The second-order valence-electron chi connectivity index (χ2n) is 6.06. The molecule has 0 aliphatic carbocycles. The van der Waals surface area contributed by atoms with E-state index in [4.69, 9.17) is 0 Å². The molecule has 1 aromatic heterocycles.